The third kappa shape index (κ3) is 74.7. The van der Waals surface area contributed by atoms with Gasteiger partial charge in [-0.05, 0) is 43.4 Å². The van der Waals surface area contributed by atoms with E-state index in [2.05, 4.69) is 48.5 Å². The van der Waals surface area contributed by atoms with Gasteiger partial charge < -0.3 is 33.8 Å². The van der Waals surface area contributed by atoms with Gasteiger partial charge in [0, 0.05) is 25.7 Å². The van der Waals surface area contributed by atoms with Gasteiger partial charge in [0.25, 0.3) is 0 Å². The van der Waals surface area contributed by atoms with Gasteiger partial charge in [-0.3, -0.25) is 37.3 Å². The van der Waals surface area contributed by atoms with Crippen molar-refractivity contribution >= 4 is 39.5 Å². The highest BCUT2D eigenvalue weighted by atomic mass is 31.2. The van der Waals surface area contributed by atoms with E-state index in [0.29, 0.717) is 31.6 Å². The fraction of sp³-hybridized carbons (Fsp3) is 0.951. The zero-order chi connectivity index (χ0) is 74.4. The number of rotatable bonds is 80. The molecule has 0 aromatic rings. The number of carbonyl (C=O) groups excluding carboxylic acids is 4. The maximum atomic E-state index is 13.1. The molecule has 600 valence electrons. The van der Waals surface area contributed by atoms with Crippen molar-refractivity contribution in [2.24, 2.45) is 17.8 Å². The number of esters is 4. The molecule has 0 aliphatic carbocycles. The van der Waals surface area contributed by atoms with Gasteiger partial charge in [0.2, 0.25) is 0 Å². The predicted molar refractivity (Wildman–Crippen MR) is 414 cm³/mol. The minimum Gasteiger partial charge on any atom is -0.462 e. The Morgan fingerprint density at radius 3 is 0.752 bits per heavy atom. The number of unbranched alkanes of at least 4 members (excludes halogenated alkanes) is 47. The van der Waals surface area contributed by atoms with Crippen LogP contribution in [0.25, 0.3) is 0 Å². The number of aliphatic hydroxyl groups is 1. The molecule has 17 nitrogen and oxygen atoms in total. The number of hydrogen-bond acceptors (Lipinski definition) is 15. The average molecular weight is 1480 g/mol. The largest absolute Gasteiger partial charge is 0.472 e. The monoisotopic (exact) mass is 1480 g/mol. The van der Waals surface area contributed by atoms with E-state index >= 15 is 0 Å². The van der Waals surface area contributed by atoms with E-state index in [1.165, 1.54) is 231 Å². The number of carbonyl (C=O) groups is 4. The van der Waals surface area contributed by atoms with Crippen molar-refractivity contribution < 1.29 is 80.2 Å². The standard InChI is InChI=1S/C82H160O17P2/c1-8-10-11-12-13-14-15-16-17-18-19-20-21-22-27-30-36-43-51-58-65-81(86)98-77(69-92-79(84)63-56-49-42-35-29-26-24-23-25-28-33-39-46-53-60-73(3)4)71-96-100(88,89)94-67-76(83)68-95-101(90,91)97-72-78(70-93-80(85)64-57-50-45-38-40-47-54-61-74(5)6)99-82(87)66-59-52-44-37-32-31-34-41-48-55-62-75(7)9-2/h73-78,83H,8-72H2,1-7H3,(H,88,89)(H,90,91)/t75?,76-,77-,78-/m1/s1. The molecule has 101 heavy (non-hydrogen) atoms. The van der Waals surface area contributed by atoms with Gasteiger partial charge in [0.15, 0.2) is 12.2 Å². The van der Waals surface area contributed by atoms with Gasteiger partial charge >= 0.3 is 39.5 Å². The highest BCUT2D eigenvalue weighted by molar-refractivity contribution is 7.47. The molecular formula is C82H160O17P2. The van der Waals surface area contributed by atoms with E-state index in [0.717, 1.165) is 108 Å². The first-order valence-corrected chi connectivity index (χ1v) is 45.4. The fourth-order valence-corrected chi connectivity index (χ4v) is 14.2. The molecule has 0 amide bonds. The van der Waals surface area contributed by atoms with Gasteiger partial charge in [0.1, 0.15) is 19.3 Å². The zero-order valence-corrected chi connectivity index (χ0v) is 68.2. The number of phosphoric acid groups is 2. The summed E-state index contributed by atoms with van der Waals surface area (Å²) < 4.78 is 68.7. The lowest BCUT2D eigenvalue weighted by Crippen LogP contribution is -2.30. The van der Waals surface area contributed by atoms with Gasteiger partial charge in [-0.15, -0.1) is 0 Å². The lowest BCUT2D eigenvalue weighted by Gasteiger charge is -2.21. The Hall–Kier alpha value is -1.94. The lowest BCUT2D eigenvalue weighted by atomic mass is 9.99. The van der Waals surface area contributed by atoms with E-state index in [9.17, 15) is 43.2 Å². The molecule has 0 aliphatic rings. The van der Waals surface area contributed by atoms with E-state index in [4.69, 9.17) is 37.0 Å². The van der Waals surface area contributed by atoms with E-state index in [1.807, 2.05) is 0 Å². The summed E-state index contributed by atoms with van der Waals surface area (Å²) in [6.07, 6.45) is 61.1. The molecule has 0 aromatic carbocycles. The van der Waals surface area contributed by atoms with Crippen LogP contribution >= 0.6 is 15.6 Å². The SMILES string of the molecule is CCCCCCCCCCCCCCCCCCCCCCC(=O)O[C@H](COC(=O)CCCCCCCCCCCCCCCCC(C)C)COP(=O)(O)OC[C@@H](O)COP(=O)(O)OC[C@@H](COC(=O)CCCCCCCCCC(C)C)OC(=O)CCCCCCCCCCCCC(C)CC. The first-order valence-electron chi connectivity index (χ1n) is 42.4. The summed E-state index contributed by atoms with van der Waals surface area (Å²) in [5, 5.41) is 10.6. The number of phosphoric ester groups is 2. The smallest absolute Gasteiger partial charge is 0.462 e. The second-order valence-electron chi connectivity index (χ2n) is 30.7. The molecule has 0 aliphatic heterocycles. The average Bonchev–Trinajstić information content (AvgIpc) is 1.02. The van der Waals surface area contributed by atoms with E-state index in [-0.39, 0.29) is 25.7 Å². The Morgan fingerprint density at radius 2 is 0.505 bits per heavy atom. The summed E-state index contributed by atoms with van der Waals surface area (Å²) in [6, 6.07) is 0. The van der Waals surface area contributed by atoms with Crippen LogP contribution in [-0.2, 0) is 65.4 Å². The van der Waals surface area contributed by atoms with Crippen molar-refractivity contribution in [3.05, 3.63) is 0 Å². The van der Waals surface area contributed by atoms with Crippen LogP contribution in [0.3, 0.4) is 0 Å². The van der Waals surface area contributed by atoms with Crippen LogP contribution in [-0.4, -0.2) is 96.7 Å². The Bertz CT molecular complexity index is 1960. The van der Waals surface area contributed by atoms with Crippen molar-refractivity contribution in [3.8, 4) is 0 Å². The molecule has 19 heteroatoms. The molecule has 0 radical (unpaired) electrons. The molecule has 0 saturated carbocycles. The van der Waals surface area contributed by atoms with Crippen LogP contribution in [0.1, 0.15) is 427 Å². The molecule has 0 spiro atoms. The highest BCUT2D eigenvalue weighted by Crippen LogP contribution is 2.45. The summed E-state index contributed by atoms with van der Waals surface area (Å²) in [5.41, 5.74) is 0. The minimum atomic E-state index is -4.96. The Labute approximate surface area is 619 Å². The summed E-state index contributed by atoms with van der Waals surface area (Å²) in [7, 11) is -9.92. The summed E-state index contributed by atoms with van der Waals surface area (Å²) in [4.78, 5) is 73.1. The second kappa shape index (κ2) is 72.3. The van der Waals surface area contributed by atoms with E-state index < -0.39 is 97.5 Å². The summed E-state index contributed by atoms with van der Waals surface area (Å²) in [6.45, 7) is 11.9. The van der Waals surface area contributed by atoms with E-state index in [1.54, 1.807) is 0 Å². The molecule has 0 rings (SSSR count). The quantitative estimate of drug-likeness (QED) is 0.0222. The van der Waals surface area contributed by atoms with Gasteiger partial charge in [-0.2, -0.15) is 0 Å². The lowest BCUT2D eigenvalue weighted by molar-refractivity contribution is -0.161. The molecule has 0 heterocycles. The second-order valence-corrected chi connectivity index (χ2v) is 33.6. The topological polar surface area (TPSA) is 237 Å². The molecular weight excluding hydrogens is 1320 g/mol. The molecule has 3 unspecified atom stereocenters. The minimum absolute atomic E-state index is 0.105. The van der Waals surface area contributed by atoms with Crippen molar-refractivity contribution in [1.29, 1.82) is 0 Å². The Morgan fingerprint density at radius 1 is 0.287 bits per heavy atom. The van der Waals surface area contributed by atoms with Crippen molar-refractivity contribution in [1.82, 2.24) is 0 Å². The maximum absolute atomic E-state index is 13.1. The first kappa shape index (κ1) is 99.1. The van der Waals surface area contributed by atoms with Crippen molar-refractivity contribution in [3.63, 3.8) is 0 Å². The molecule has 6 atom stereocenters. The highest BCUT2D eigenvalue weighted by Gasteiger charge is 2.30. The van der Waals surface area contributed by atoms with Crippen LogP contribution in [0.5, 0.6) is 0 Å². The van der Waals surface area contributed by atoms with Crippen LogP contribution in [0, 0.1) is 17.8 Å². The van der Waals surface area contributed by atoms with Crippen molar-refractivity contribution in [2.75, 3.05) is 39.6 Å². The normalized spacial score (nSPS) is 14.2. The van der Waals surface area contributed by atoms with Gasteiger partial charge in [-0.1, -0.05) is 376 Å². The first-order chi connectivity index (χ1) is 48.8. The number of hydrogen-bond donors (Lipinski definition) is 3. The maximum Gasteiger partial charge on any atom is 0.472 e. The Kier molecular flexibility index (Phi) is 70.9. The van der Waals surface area contributed by atoms with Crippen LogP contribution in [0.2, 0.25) is 0 Å². The van der Waals surface area contributed by atoms with Crippen molar-refractivity contribution in [2.45, 2.75) is 446 Å². The third-order valence-electron chi connectivity index (χ3n) is 19.5. The number of ether oxygens (including phenoxy) is 4. The third-order valence-corrected chi connectivity index (χ3v) is 21.4. The van der Waals surface area contributed by atoms with Crippen LogP contribution < -0.4 is 0 Å². The van der Waals surface area contributed by atoms with Gasteiger partial charge in [0.05, 0.1) is 26.4 Å². The molecule has 0 saturated heterocycles. The van der Waals surface area contributed by atoms with Gasteiger partial charge in [-0.25, -0.2) is 9.13 Å². The Balaban J connectivity index is 5.24. The van der Waals surface area contributed by atoms with Crippen LogP contribution in [0.4, 0.5) is 0 Å². The fourth-order valence-electron chi connectivity index (χ4n) is 12.6. The molecule has 3 N–H and O–H groups in total. The molecule has 0 aromatic heterocycles. The molecule has 0 bridgehead atoms. The number of aliphatic hydroxyl groups excluding tert-OH is 1. The molecule has 0 fully saturated rings. The van der Waals surface area contributed by atoms with Crippen LogP contribution in [0.15, 0.2) is 0 Å². The zero-order valence-electron chi connectivity index (χ0n) is 66.4. The predicted octanol–water partition coefficient (Wildman–Crippen LogP) is 24.5. The summed E-state index contributed by atoms with van der Waals surface area (Å²) >= 11 is 0. The summed E-state index contributed by atoms with van der Waals surface area (Å²) in [5.74, 6) is 0.196.